The number of benzene rings is 3. The smallest absolute Gasteiger partial charge is 0.283 e. The third-order valence-corrected chi connectivity index (χ3v) is 5.73. The lowest BCUT2D eigenvalue weighted by atomic mass is 10.1. The molecule has 3 amide bonds. The molecule has 1 aliphatic heterocycles. The summed E-state index contributed by atoms with van der Waals surface area (Å²) in [6, 6.07) is 20.7. The number of carbonyl (C=O) groups excluding carboxylic acids is 3. The molecule has 3 aromatic carbocycles. The fraction of sp³-hybridized carbons (Fsp3) is 0.115. The normalized spacial score (nSPS) is 13.3. The Morgan fingerprint density at radius 2 is 1.71 bits per heavy atom. The first-order chi connectivity index (χ1) is 16.4. The molecule has 1 heterocycles. The number of rotatable bonds is 7. The van der Waals surface area contributed by atoms with Crippen LogP contribution in [0.2, 0.25) is 0 Å². The van der Waals surface area contributed by atoms with E-state index in [4.69, 9.17) is 16.3 Å². The highest BCUT2D eigenvalue weighted by Gasteiger charge is 2.39. The standard InChI is InChI=1S/C26H22ClN3O4/c1-3-16-11-13-19(14-12-16)30-25(32)22(27)23(26(30)33)28-18-8-6-7-17(15-18)24(31)29-20-9-4-5-10-21(20)34-2/h4-15,28H,3H2,1-2H3,(H,29,31). The minimum absolute atomic E-state index is 0.0477. The molecule has 2 N–H and O–H groups in total. The molecule has 0 aromatic heterocycles. The molecule has 0 saturated carbocycles. The third kappa shape index (κ3) is 4.51. The van der Waals surface area contributed by atoms with Crippen LogP contribution in [0.3, 0.4) is 0 Å². The predicted octanol–water partition coefficient (Wildman–Crippen LogP) is 4.95. The van der Waals surface area contributed by atoms with Crippen molar-refractivity contribution in [3.63, 3.8) is 0 Å². The fourth-order valence-corrected chi connectivity index (χ4v) is 3.76. The van der Waals surface area contributed by atoms with Gasteiger partial charge in [0.15, 0.2) is 0 Å². The molecule has 0 spiro atoms. The van der Waals surface area contributed by atoms with E-state index in [2.05, 4.69) is 10.6 Å². The second kappa shape index (κ2) is 9.80. The number of hydrogen-bond donors (Lipinski definition) is 2. The summed E-state index contributed by atoms with van der Waals surface area (Å²) in [4.78, 5) is 39.5. The number of halogens is 1. The Bertz CT molecular complexity index is 1300. The summed E-state index contributed by atoms with van der Waals surface area (Å²) in [6.45, 7) is 2.02. The number of hydrogen-bond acceptors (Lipinski definition) is 5. The predicted molar refractivity (Wildman–Crippen MR) is 132 cm³/mol. The summed E-state index contributed by atoms with van der Waals surface area (Å²) in [5, 5.41) is 5.49. The summed E-state index contributed by atoms with van der Waals surface area (Å²) in [5.74, 6) is -1.00. The second-order valence-corrected chi connectivity index (χ2v) is 7.89. The van der Waals surface area contributed by atoms with Gasteiger partial charge >= 0.3 is 0 Å². The van der Waals surface area contributed by atoms with Crippen LogP contribution in [0.15, 0.2) is 83.5 Å². The maximum Gasteiger partial charge on any atom is 0.283 e. The van der Waals surface area contributed by atoms with Crippen LogP contribution in [0.5, 0.6) is 5.75 Å². The average Bonchev–Trinajstić information content (AvgIpc) is 3.07. The van der Waals surface area contributed by atoms with Crippen LogP contribution in [-0.4, -0.2) is 24.8 Å². The van der Waals surface area contributed by atoms with Crippen molar-refractivity contribution in [3.05, 3.63) is 94.7 Å². The van der Waals surface area contributed by atoms with Crippen LogP contribution < -0.4 is 20.3 Å². The molecule has 0 radical (unpaired) electrons. The molecule has 4 rings (SSSR count). The van der Waals surface area contributed by atoms with Gasteiger partial charge in [-0.1, -0.05) is 48.9 Å². The largest absolute Gasteiger partial charge is 0.495 e. The number of amides is 3. The molecule has 172 valence electrons. The molecule has 3 aromatic rings. The Morgan fingerprint density at radius 1 is 0.971 bits per heavy atom. The summed E-state index contributed by atoms with van der Waals surface area (Å²) in [7, 11) is 1.52. The first-order valence-electron chi connectivity index (χ1n) is 10.6. The number of carbonyl (C=O) groups is 3. The number of nitrogens with one attached hydrogen (secondary N) is 2. The Balaban J connectivity index is 1.53. The second-order valence-electron chi connectivity index (χ2n) is 7.51. The lowest BCUT2D eigenvalue weighted by molar-refractivity contribution is -0.120. The van der Waals surface area contributed by atoms with Gasteiger partial charge in [0.1, 0.15) is 16.5 Å². The van der Waals surface area contributed by atoms with Gasteiger partial charge in [0.25, 0.3) is 17.7 Å². The molecule has 8 heteroatoms. The average molecular weight is 476 g/mol. The number of anilines is 3. The van der Waals surface area contributed by atoms with Gasteiger partial charge in [-0.25, -0.2) is 4.90 Å². The van der Waals surface area contributed by atoms with Gasteiger partial charge in [-0.3, -0.25) is 14.4 Å². The van der Waals surface area contributed by atoms with E-state index < -0.39 is 11.8 Å². The van der Waals surface area contributed by atoms with Gasteiger partial charge in [0, 0.05) is 11.3 Å². The van der Waals surface area contributed by atoms with E-state index in [1.54, 1.807) is 60.7 Å². The Morgan fingerprint density at radius 3 is 2.41 bits per heavy atom. The third-order valence-electron chi connectivity index (χ3n) is 5.38. The molecule has 1 aliphatic rings. The molecule has 34 heavy (non-hydrogen) atoms. The van der Waals surface area contributed by atoms with Crippen molar-refractivity contribution in [2.24, 2.45) is 0 Å². The summed E-state index contributed by atoms with van der Waals surface area (Å²) in [6.07, 6.45) is 0.842. The highest BCUT2D eigenvalue weighted by molar-refractivity contribution is 6.53. The number of para-hydroxylation sites is 2. The van der Waals surface area contributed by atoms with Crippen molar-refractivity contribution in [1.29, 1.82) is 0 Å². The van der Waals surface area contributed by atoms with Crippen LogP contribution in [0.25, 0.3) is 0 Å². The molecule has 7 nitrogen and oxygen atoms in total. The number of ether oxygens (including phenoxy) is 1. The highest BCUT2D eigenvalue weighted by atomic mass is 35.5. The number of nitrogens with zero attached hydrogens (tertiary/aromatic N) is 1. The van der Waals surface area contributed by atoms with Gasteiger partial charge in [0.05, 0.1) is 18.5 Å². The summed E-state index contributed by atoms with van der Waals surface area (Å²) in [5.41, 5.74) is 2.78. The van der Waals surface area contributed by atoms with Crippen LogP contribution in [0, 0.1) is 0 Å². The minimum atomic E-state index is -0.608. The zero-order valence-electron chi connectivity index (χ0n) is 18.6. The highest BCUT2D eigenvalue weighted by Crippen LogP contribution is 2.31. The van der Waals surface area contributed by atoms with Gasteiger partial charge in [-0.2, -0.15) is 0 Å². The maximum atomic E-state index is 13.0. The Kier molecular flexibility index (Phi) is 6.65. The molecule has 0 unspecified atom stereocenters. The molecule has 0 saturated heterocycles. The summed E-state index contributed by atoms with van der Waals surface area (Å²) >= 11 is 6.23. The van der Waals surface area contributed by atoms with Crippen LogP contribution in [0.4, 0.5) is 17.1 Å². The lowest BCUT2D eigenvalue weighted by Gasteiger charge is -2.15. The zero-order chi connectivity index (χ0) is 24.2. The van der Waals surface area contributed by atoms with Crippen LogP contribution >= 0.6 is 11.6 Å². The molecule has 0 bridgehead atoms. The van der Waals surface area contributed by atoms with Crippen molar-refractivity contribution in [3.8, 4) is 5.75 Å². The first-order valence-corrected chi connectivity index (χ1v) is 11.0. The lowest BCUT2D eigenvalue weighted by Crippen LogP contribution is -2.32. The van der Waals surface area contributed by atoms with E-state index in [1.807, 2.05) is 19.1 Å². The molecule has 0 aliphatic carbocycles. The van der Waals surface area contributed by atoms with Crippen LogP contribution in [-0.2, 0) is 16.0 Å². The molecular formula is C26H22ClN3O4. The summed E-state index contributed by atoms with van der Waals surface area (Å²) < 4.78 is 5.27. The maximum absolute atomic E-state index is 13.0. The van der Waals surface area contributed by atoms with Crippen LogP contribution in [0.1, 0.15) is 22.8 Å². The minimum Gasteiger partial charge on any atom is -0.495 e. The topological polar surface area (TPSA) is 87.7 Å². The quantitative estimate of drug-likeness (QED) is 0.472. The molecule has 0 atom stereocenters. The van der Waals surface area contributed by atoms with Crippen molar-refractivity contribution in [1.82, 2.24) is 0 Å². The Hall–Kier alpha value is -4.10. The van der Waals surface area contributed by atoms with Gasteiger partial charge in [-0.05, 0) is 54.4 Å². The monoisotopic (exact) mass is 475 g/mol. The van der Waals surface area contributed by atoms with Gasteiger partial charge in [-0.15, -0.1) is 0 Å². The van der Waals surface area contributed by atoms with Crippen molar-refractivity contribution in [2.75, 3.05) is 22.6 Å². The van der Waals surface area contributed by atoms with E-state index in [-0.39, 0.29) is 16.6 Å². The SMILES string of the molecule is CCc1ccc(N2C(=O)C(Cl)=C(Nc3cccc(C(=O)Nc4ccccc4OC)c3)C2=O)cc1. The van der Waals surface area contributed by atoms with E-state index in [9.17, 15) is 14.4 Å². The van der Waals surface area contributed by atoms with E-state index >= 15 is 0 Å². The number of methoxy groups -OCH3 is 1. The van der Waals surface area contributed by atoms with E-state index in [0.717, 1.165) is 16.9 Å². The van der Waals surface area contributed by atoms with Gasteiger partial charge < -0.3 is 15.4 Å². The Labute approximate surface area is 202 Å². The van der Waals surface area contributed by atoms with E-state index in [0.29, 0.717) is 28.4 Å². The van der Waals surface area contributed by atoms with Crippen molar-refractivity contribution in [2.45, 2.75) is 13.3 Å². The van der Waals surface area contributed by atoms with E-state index in [1.165, 1.54) is 7.11 Å². The molecule has 0 fully saturated rings. The van der Waals surface area contributed by atoms with Gasteiger partial charge in [0.2, 0.25) is 0 Å². The molecular weight excluding hydrogens is 454 g/mol. The zero-order valence-corrected chi connectivity index (χ0v) is 19.3. The van der Waals surface area contributed by atoms with Crippen molar-refractivity contribution < 1.29 is 19.1 Å². The fourth-order valence-electron chi connectivity index (χ4n) is 3.55. The number of imide groups is 1. The van der Waals surface area contributed by atoms with Crippen molar-refractivity contribution >= 4 is 46.4 Å². The number of aryl methyl sites for hydroxylation is 1. The first kappa shape index (κ1) is 23.1.